The molecule has 3 aromatic rings. The Bertz CT molecular complexity index is 805. The van der Waals surface area contributed by atoms with E-state index in [9.17, 15) is 9.90 Å². The lowest BCUT2D eigenvalue weighted by atomic mass is 10.1. The van der Waals surface area contributed by atoms with Crippen LogP contribution in [-0.4, -0.2) is 33.6 Å². The van der Waals surface area contributed by atoms with E-state index in [0.717, 1.165) is 11.1 Å². The summed E-state index contributed by atoms with van der Waals surface area (Å²) in [6.45, 7) is -0.117. The van der Waals surface area contributed by atoms with Crippen molar-refractivity contribution in [2.75, 3.05) is 6.61 Å². The first-order valence-corrected chi connectivity index (χ1v) is 7.42. The molecule has 0 radical (unpaired) electrons. The number of aliphatic hydroxyl groups is 1. The predicted molar refractivity (Wildman–Crippen MR) is 88.0 cm³/mol. The minimum atomic E-state index is -0.331. The standard InChI is InChI=1S/C18H17N3O2/c22-12-15(10-13-4-2-1-3-5-13)21-18(23)14-6-7-16-17(11-14)20-9-8-19-16/h1-9,11,15,22H,10,12H2,(H,21,23)/t15-/m1/s1. The minimum Gasteiger partial charge on any atom is -0.394 e. The molecule has 0 unspecified atom stereocenters. The number of fused-ring (bicyclic) bond motifs is 1. The summed E-state index contributed by atoms with van der Waals surface area (Å²) < 4.78 is 0. The number of hydrogen-bond acceptors (Lipinski definition) is 4. The molecule has 116 valence electrons. The van der Waals surface area contributed by atoms with Gasteiger partial charge in [0.15, 0.2) is 0 Å². The molecule has 1 amide bonds. The fourth-order valence-corrected chi connectivity index (χ4v) is 2.43. The maximum atomic E-state index is 12.4. The van der Waals surface area contributed by atoms with Crippen LogP contribution in [0.25, 0.3) is 11.0 Å². The van der Waals surface area contributed by atoms with Gasteiger partial charge < -0.3 is 10.4 Å². The fourth-order valence-electron chi connectivity index (χ4n) is 2.43. The van der Waals surface area contributed by atoms with Crippen molar-refractivity contribution in [3.8, 4) is 0 Å². The van der Waals surface area contributed by atoms with Crippen LogP contribution in [0, 0.1) is 0 Å². The van der Waals surface area contributed by atoms with Crippen LogP contribution in [0.4, 0.5) is 0 Å². The lowest BCUT2D eigenvalue weighted by molar-refractivity contribution is 0.0916. The molecule has 1 heterocycles. The molecule has 2 aromatic carbocycles. The lowest BCUT2D eigenvalue weighted by Gasteiger charge is -2.16. The molecular formula is C18H17N3O2. The molecule has 0 fully saturated rings. The van der Waals surface area contributed by atoms with Crippen molar-refractivity contribution in [2.24, 2.45) is 0 Å². The van der Waals surface area contributed by atoms with E-state index >= 15 is 0 Å². The molecule has 0 aliphatic rings. The molecule has 0 bridgehead atoms. The Balaban J connectivity index is 1.73. The van der Waals surface area contributed by atoms with E-state index in [1.165, 1.54) is 0 Å². The van der Waals surface area contributed by atoms with Gasteiger partial charge in [-0.05, 0) is 30.2 Å². The molecule has 0 saturated heterocycles. The normalized spacial score (nSPS) is 12.0. The second kappa shape index (κ2) is 6.98. The fraction of sp³-hybridized carbons (Fsp3) is 0.167. The molecule has 23 heavy (non-hydrogen) atoms. The molecule has 0 saturated carbocycles. The van der Waals surface area contributed by atoms with Crippen LogP contribution in [-0.2, 0) is 6.42 Å². The van der Waals surface area contributed by atoms with E-state index in [0.29, 0.717) is 17.5 Å². The molecule has 1 aromatic heterocycles. The highest BCUT2D eigenvalue weighted by molar-refractivity contribution is 5.97. The van der Waals surface area contributed by atoms with Gasteiger partial charge in [-0.2, -0.15) is 0 Å². The van der Waals surface area contributed by atoms with Gasteiger partial charge in [-0.3, -0.25) is 14.8 Å². The van der Waals surface area contributed by atoms with Crippen molar-refractivity contribution in [2.45, 2.75) is 12.5 Å². The van der Waals surface area contributed by atoms with Gasteiger partial charge in [0.2, 0.25) is 0 Å². The highest BCUT2D eigenvalue weighted by atomic mass is 16.3. The number of amides is 1. The van der Waals surface area contributed by atoms with E-state index in [2.05, 4.69) is 15.3 Å². The third kappa shape index (κ3) is 3.70. The SMILES string of the molecule is O=C(N[C@@H](CO)Cc1ccccc1)c1ccc2nccnc2c1. The zero-order valence-electron chi connectivity index (χ0n) is 12.5. The van der Waals surface area contributed by atoms with Crippen LogP contribution in [0.1, 0.15) is 15.9 Å². The predicted octanol–water partition coefficient (Wildman–Crippen LogP) is 1.96. The molecular weight excluding hydrogens is 290 g/mol. The smallest absolute Gasteiger partial charge is 0.251 e. The first-order valence-electron chi connectivity index (χ1n) is 7.42. The number of carbonyl (C=O) groups is 1. The monoisotopic (exact) mass is 307 g/mol. The van der Waals surface area contributed by atoms with E-state index in [4.69, 9.17) is 0 Å². The third-order valence-corrected chi connectivity index (χ3v) is 3.61. The molecule has 0 aliphatic carbocycles. The molecule has 0 spiro atoms. The summed E-state index contributed by atoms with van der Waals surface area (Å²) >= 11 is 0. The number of benzene rings is 2. The van der Waals surface area contributed by atoms with Gasteiger partial charge in [-0.15, -0.1) is 0 Å². The highest BCUT2D eigenvalue weighted by Crippen LogP contribution is 2.11. The first kappa shape index (κ1) is 15.1. The zero-order chi connectivity index (χ0) is 16.1. The average Bonchev–Trinajstić information content (AvgIpc) is 2.61. The minimum absolute atomic E-state index is 0.117. The van der Waals surface area contributed by atoms with E-state index < -0.39 is 0 Å². The summed E-state index contributed by atoms with van der Waals surface area (Å²) in [5, 5.41) is 12.4. The summed E-state index contributed by atoms with van der Waals surface area (Å²) in [5.74, 6) is -0.229. The van der Waals surface area contributed by atoms with E-state index in [1.807, 2.05) is 30.3 Å². The van der Waals surface area contributed by atoms with Crippen molar-refractivity contribution in [3.63, 3.8) is 0 Å². The van der Waals surface area contributed by atoms with E-state index in [-0.39, 0.29) is 18.6 Å². The number of aromatic nitrogens is 2. The lowest BCUT2D eigenvalue weighted by Crippen LogP contribution is -2.39. The quantitative estimate of drug-likeness (QED) is 0.755. The Morgan fingerprint density at radius 3 is 2.52 bits per heavy atom. The van der Waals surface area contributed by atoms with Gasteiger partial charge in [0, 0.05) is 18.0 Å². The van der Waals surface area contributed by atoms with Gasteiger partial charge in [0.25, 0.3) is 5.91 Å². The summed E-state index contributed by atoms with van der Waals surface area (Å²) in [7, 11) is 0. The summed E-state index contributed by atoms with van der Waals surface area (Å²) in [6.07, 6.45) is 3.79. The van der Waals surface area contributed by atoms with Gasteiger partial charge in [0.1, 0.15) is 0 Å². The Kier molecular flexibility index (Phi) is 4.59. The van der Waals surface area contributed by atoms with Crippen LogP contribution in [0.15, 0.2) is 60.9 Å². The Morgan fingerprint density at radius 2 is 1.78 bits per heavy atom. The highest BCUT2D eigenvalue weighted by Gasteiger charge is 2.14. The van der Waals surface area contributed by atoms with Crippen LogP contribution < -0.4 is 5.32 Å². The molecule has 2 N–H and O–H groups in total. The molecule has 5 heteroatoms. The summed E-state index contributed by atoms with van der Waals surface area (Å²) in [6, 6.07) is 14.6. The number of hydrogen-bond donors (Lipinski definition) is 2. The van der Waals surface area contributed by atoms with Crippen molar-refractivity contribution < 1.29 is 9.90 Å². The third-order valence-electron chi connectivity index (χ3n) is 3.61. The van der Waals surface area contributed by atoms with E-state index in [1.54, 1.807) is 30.6 Å². The molecule has 1 atom stereocenters. The summed E-state index contributed by atoms with van der Waals surface area (Å²) in [5.41, 5.74) is 2.98. The zero-order valence-corrected chi connectivity index (χ0v) is 12.5. The van der Waals surface area contributed by atoms with Crippen molar-refractivity contribution >= 4 is 16.9 Å². The Hall–Kier alpha value is -2.79. The Labute approximate surface area is 134 Å². The summed E-state index contributed by atoms with van der Waals surface area (Å²) in [4.78, 5) is 20.8. The van der Waals surface area contributed by atoms with Gasteiger partial charge in [-0.1, -0.05) is 30.3 Å². The Morgan fingerprint density at radius 1 is 1.04 bits per heavy atom. The van der Waals surface area contributed by atoms with Gasteiger partial charge in [-0.25, -0.2) is 0 Å². The number of nitrogens with one attached hydrogen (secondary N) is 1. The average molecular weight is 307 g/mol. The largest absolute Gasteiger partial charge is 0.394 e. The van der Waals surface area contributed by atoms with Gasteiger partial charge in [0.05, 0.1) is 23.7 Å². The van der Waals surface area contributed by atoms with Crippen molar-refractivity contribution in [3.05, 3.63) is 72.1 Å². The van der Waals surface area contributed by atoms with Crippen LogP contribution in [0.2, 0.25) is 0 Å². The number of carbonyl (C=O) groups excluding carboxylic acids is 1. The first-order chi connectivity index (χ1) is 11.3. The molecule has 5 nitrogen and oxygen atoms in total. The van der Waals surface area contributed by atoms with Crippen LogP contribution in [0.5, 0.6) is 0 Å². The van der Waals surface area contributed by atoms with Crippen molar-refractivity contribution in [1.29, 1.82) is 0 Å². The number of rotatable bonds is 5. The maximum absolute atomic E-state index is 12.4. The topological polar surface area (TPSA) is 75.1 Å². The molecule has 0 aliphatic heterocycles. The molecule has 3 rings (SSSR count). The number of nitrogens with zero attached hydrogens (tertiary/aromatic N) is 2. The van der Waals surface area contributed by atoms with Crippen LogP contribution in [0.3, 0.4) is 0 Å². The van der Waals surface area contributed by atoms with Crippen LogP contribution >= 0.6 is 0 Å². The van der Waals surface area contributed by atoms with Crippen molar-refractivity contribution in [1.82, 2.24) is 15.3 Å². The van der Waals surface area contributed by atoms with Gasteiger partial charge >= 0.3 is 0 Å². The maximum Gasteiger partial charge on any atom is 0.251 e. The second-order valence-electron chi connectivity index (χ2n) is 5.30. The number of aliphatic hydroxyl groups excluding tert-OH is 1. The second-order valence-corrected chi connectivity index (χ2v) is 5.30.